The highest BCUT2D eigenvalue weighted by atomic mass is 79.9. The van der Waals surface area contributed by atoms with Gasteiger partial charge in [-0.15, -0.1) is 11.3 Å². The van der Waals surface area contributed by atoms with E-state index in [9.17, 15) is 0 Å². The van der Waals surface area contributed by atoms with Crippen molar-refractivity contribution in [2.75, 3.05) is 7.05 Å². The average Bonchev–Trinajstić information content (AvgIpc) is 2.47. The number of rotatable bonds is 3. The summed E-state index contributed by atoms with van der Waals surface area (Å²) in [5.41, 5.74) is 0. The number of nitriles is 1. The Bertz CT molecular complexity index is 289. The van der Waals surface area contributed by atoms with Crippen LogP contribution in [0.5, 0.6) is 0 Å². The van der Waals surface area contributed by atoms with Crippen molar-refractivity contribution in [3.63, 3.8) is 0 Å². The summed E-state index contributed by atoms with van der Waals surface area (Å²) >= 11 is 5.04. The molecular weight excluding hydrogens is 236 g/mol. The number of hydrogen-bond acceptors (Lipinski definition) is 3. The summed E-state index contributed by atoms with van der Waals surface area (Å²) in [5, 5.41) is 13.7. The fourth-order valence-electron chi connectivity index (χ4n) is 0.947. The van der Waals surface area contributed by atoms with Gasteiger partial charge in [0.1, 0.15) is 0 Å². The Morgan fingerprint density at radius 1 is 1.83 bits per heavy atom. The minimum absolute atomic E-state index is 0.172. The molecule has 12 heavy (non-hydrogen) atoms. The van der Waals surface area contributed by atoms with Gasteiger partial charge in [-0.1, -0.05) is 0 Å². The van der Waals surface area contributed by atoms with Crippen molar-refractivity contribution < 1.29 is 0 Å². The first kappa shape index (κ1) is 9.72. The van der Waals surface area contributed by atoms with Crippen molar-refractivity contribution in [2.24, 2.45) is 0 Å². The van der Waals surface area contributed by atoms with Crippen LogP contribution in [-0.2, 0) is 0 Å². The molecule has 1 aromatic heterocycles. The number of halogens is 1. The van der Waals surface area contributed by atoms with E-state index in [1.54, 1.807) is 11.3 Å². The van der Waals surface area contributed by atoms with E-state index in [0.717, 1.165) is 4.47 Å². The third-order valence-corrected chi connectivity index (χ3v) is 3.38. The zero-order valence-corrected chi connectivity index (χ0v) is 9.08. The maximum Gasteiger partial charge on any atom is 0.0642 e. The van der Waals surface area contributed by atoms with E-state index in [1.165, 1.54) is 4.88 Å². The minimum Gasteiger partial charge on any atom is -0.311 e. The van der Waals surface area contributed by atoms with Crippen molar-refractivity contribution in [3.05, 3.63) is 20.8 Å². The van der Waals surface area contributed by atoms with Gasteiger partial charge in [0.15, 0.2) is 0 Å². The summed E-state index contributed by atoms with van der Waals surface area (Å²) in [7, 11) is 1.87. The van der Waals surface area contributed by atoms with Crippen LogP contribution >= 0.6 is 27.3 Å². The van der Waals surface area contributed by atoms with Crippen molar-refractivity contribution in [2.45, 2.75) is 12.5 Å². The first-order valence-corrected chi connectivity index (χ1v) is 5.23. The van der Waals surface area contributed by atoms with Gasteiger partial charge in [-0.25, -0.2) is 0 Å². The quantitative estimate of drug-likeness (QED) is 0.888. The molecule has 0 aliphatic heterocycles. The SMILES string of the molecule is CNC(CC#N)c1cc(Br)cs1. The van der Waals surface area contributed by atoms with Gasteiger partial charge in [0.2, 0.25) is 0 Å². The van der Waals surface area contributed by atoms with Crippen LogP contribution in [0.25, 0.3) is 0 Å². The average molecular weight is 245 g/mol. The molecule has 1 unspecified atom stereocenters. The van der Waals surface area contributed by atoms with Crippen LogP contribution in [-0.4, -0.2) is 7.05 Å². The van der Waals surface area contributed by atoms with Crippen LogP contribution in [0, 0.1) is 11.3 Å². The van der Waals surface area contributed by atoms with E-state index in [1.807, 2.05) is 18.5 Å². The van der Waals surface area contributed by atoms with Gasteiger partial charge in [-0.2, -0.15) is 5.26 Å². The third-order valence-electron chi connectivity index (χ3n) is 1.58. The monoisotopic (exact) mass is 244 g/mol. The fraction of sp³-hybridized carbons (Fsp3) is 0.375. The molecule has 64 valence electrons. The van der Waals surface area contributed by atoms with Gasteiger partial charge in [0.25, 0.3) is 0 Å². The van der Waals surface area contributed by atoms with E-state index in [4.69, 9.17) is 5.26 Å². The second-order valence-electron chi connectivity index (χ2n) is 2.37. The normalized spacial score (nSPS) is 12.4. The molecule has 0 aliphatic rings. The first-order chi connectivity index (χ1) is 5.77. The van der Waals surface area contributed by atoms with Crippen molar-refractivity contribution in [1.29, 1.82) is 5.26 Å². The minimum atomic E-state index is 0.172. The van der Waals surface area contributed by atoms with Crippen LogP contribution in [0.1, 0.15) is 17.3 Å². The number of nitrogens with zero attached hydrogens (tertiary/aromatic N) is 1. The van der Waals surface area contributed by atoms with E-state index in [2.05, 4.69) is 27.3 Å². The Hall–Kier alpha value is -0.370. The van der Waals surface area contributed by atoms with Crippen LogP contribution in [0.4, 0.5) is 0 Å². The fourth-order valence-corrected chi connectivity index (χ4v) is 2.50. The molecule has 1 N–H and O–H groups in total. The number of thiophene rings is 1. The molecule has 1 aromatic rings. The largest absolute Gasteiger partial charge is 0.311 e. The van der Waals surface area contributed by atoms with E-state index < -0.39 is 0 Å². The van der Waals surface area contributed by atoms with E-state index >= 15 is 0 Å². The maximum atomic E-state index is 8.54. The summed E-state index contributed by atoms with van der Waals surface area (Å²) in [6.45, 7) is 0. The second kappa shape index (κ2) is 4.61. The predicted molar refractivity (Wildman–Crippen MR) is 54.0 cm³/mol. The smallest absolute Gasteiger partial charge is 0.0642 e. The molecular formula is C8H9BrN2S. The van der Waals surface area contributed by atoms with Gasteiger partial charge in [-0.3, -0.25) is 0 Å². The molecule has 0 spiro atoms. The maximum absolute atomic E-state index is 8.54. The molecule has 0 bridgehead atoms. The zero-order chi connectivity index (χ0) is 8.97. The summed E-state index contributed by atoms with van der Waals surface area (Å²) in [6, 6.07) is 4.37. The summed E-state index contributed by atoms with van der Waals surface area (Å²) in [5.74, 6) is 0. The molecule has 0 saturated carbocycles. The molecule has 4 heteroatoms. The Balaban J connectivity index is 2.74. The molecule has 1 rings (SSSR count). The van der Waals surface area contributed by atoms with Gasteiger partial charge in [0, 0.05) is 14.7 Å². The Labute approximate surface area is 84.3 Å². The van der Waals surface area contributed by atoms with Crippen molar-refractivity contribution in [3.8, 4) is 6.07 Å². The molecule has 0 saturated heterocycles. The Kier molecular flexibility index (Phi) is 3.73. The van der Waals surface area contributed by atoms with Crippen LogP contribution < -0.4 is 5.32 Å². The number of nitrogens with one attached hydrogen (secondary N) is 1. The van der Waals surface area contributed by atoms with Crippen molar-refractivity contribution >= 4 is 27.3 Å². The second-order valence-corrected chi connectivity index (χ2v) is 4.23. The zero-order valence-electron chi connectivity index (χ0n) is 6.67. The summed E-state index contributed by atoms with van der Waals surface area (Å²) in [4.78, 5) is 1.20. The lowest BCUT2D eigenvalue weighted by Crippen LogP contribution is -2.14. The molecule has 0 radical (unpaired) electrons. The predicted octanol–water partition coefficient (Wildman–Crippen LogP) is 2.68. The highest BCUT2D eigenvalue weighted by Crippen LogP contribution is 2.26. The van der Waals surface area contributed by atoms with Crippen LogP contribution in [0.2, 0.25) is 0 Å². The van der Waals surface area contributed by atoms with Crippen molar-refractivity contribution in [1.82, 2.24) is 5.32 Å². The molecule has 1 atom stereocenters. The highest BCUT2D eigenvalue weighted by molar-refractivity contribution is 9.10. The van der Waals surface area contributed by atoms with Gasteiger partial charge < -0.3 is 5.32 Å². The Morgan fingerprint density at radius 2 is 2.58 bits per heavy atom. The third kappa shape index (κ3) is 2.31. The molecule has 2 nitrogen and oxygen atoms in total. The summed E-state index contributed by atoms with van der Waals surface area (Å²) < 4.78 is 1.08. The lowest BCUT2D eigenvalue weighted by atomic mass is 10.2. The number of hydrogen-bond donors (Lipinski definition) is 1. The summed E-state index contributed by atoms with van der Waals surface area (Å²) in [6.07, 6.45) is 0.517. The van der Waals surface area contributed by atoms with Crippen LogP contribution in [0.15, 0.2) is 15.9 Å². The lowest BCUT2D eigenvalue weighted by molar-refractivity contribution is 0.619. The van der Waals surface area contributed by atoms with E-state index in [0.29, 0.717) is 6.42 Å². The molecule has 0 amide bonds. The van der Waals surface area contributed by atoms with Gasteiger partial charge in [-0.05, 0) is 29.0 Å². The molecule has 0 aliphatic carbocycles. The molecule has 0 aromatic carbocycles. The highest BCUT2D eigenvalue weighted by Gasteiger charge is 2.09. The Morgan fingerprint density at radius 3 is 3.00 bits per heavy atom. The molecule has 1 heterocycles. The lowest BCUT2D eigenvalue weighted by Gasteiger charge is -2.08. The first-order valence-electron chi connectivity index (χ1n) is 3.56. The van der Waals surface area contributed by atoms with E-state index in [-0.39, 0.29) is 6.04 Å². The molecule has 0 fully saturated rings. The van der Waals surface area contributed by atoms with Crippen LogP contribution in [0.3, 0.4) is 0 Å². The van der Waals surface area contributed by atoms with Gasteiger partial charge in [0.05, 0.1) is 18.5 Å². The standard InChI is InChI=1S/C8H9BrN2S/c1-11-7(2-3-10)8-4-6(9)5-12-8/h4-5,7,11H,2H2,1H3. The topological polar surface area (TPSA) is 35.8 Å². The van der Waals surface area contributed by atoms with Gasteiger partial charge >= 0.3 is 0 Å².